The van der Waals surface area contributed by atoms with E-state index in [4.69, 9.17) is 5.73 Å². The highest BCUT2D eigenvalue weighted by atomic mass is 16.5. The minimum Gasteiger partial charge on any atom is -0.468 e. The van der Waals surface area contributed by atoms with Crippen molar-refractivity contribution >= 4 is 11.9 Å². The first-order valence-corrected chi connectivity index (χ1v) is 3.72. The maximum Gasteiger partial charge on any atom is 0.325 e. The van der Waals surface area contributed by atoms with E-state index in [-0.39, 0.29) is 12.5 Å². The molecule has 0 fully saturated rings. The number of nitrogens with two attached hydrogens (primary N) is 1. The summed E-state index contributed by atoms with van der Waals surface area (Å²) >= 11 is 0. The fourth-order valence-electron chi connectivity index (χ4n) is 0.548. The average molecular weight is 174 g/mol. The molecule has 0 aromatic rings. The Morgan fingerprint density at radius 1 is 1.58 bits per heavy atom. The van der Waals surface area contributed by atoms with Crippen LogP contribution in [0.4, 0.5) is 0 Å². The number of carbonyl (C=O) groups excluding carboxylic acids is 2. The molecular formula is C7H14N2O3. The Morgan fingerprint density at radius 2 is 2.17 bits per heavy atom. The van der Waals surface area contributed by atoms with Crippen LogP contribution in [0.15, 0.2) is 0 Å². The average Bonchev–Trinajstić information content (AvgIpc) is 2.11. The molecule has 0 aromatic carbocycles. The second-order valence-electron chi connectivity index (χ2n) is 2.31. The topological polar surface area (TPSA) is 81.4 Å². The zero-order chi connectivity index (χ0) is 9.56. The first-order valence-electron chi connectivity index (χ1n) is 3.72. The fraction of sp³-hybridized carbons (Fsp3) is 0.714. The number of methoxy groups -OCH3 is 1. The lowest BCUT2D eigenvalue weighted by Gasteiger charge is -2.08. The molecule has 0 aliphatic rings. The third-order valence-electron chi connectivity index (χ3n) is 1.41. The van der Waals surface area contributed by atoms with Gasteiger partial charge >= 0.3 is 5.97 Å². The van der Waals surface area contributed by atoms with Crippen LogP contribution in [-0.4, -0.2) is 31.6 Å². The summed E-state index contributed by atoms with van der Waals surface area (Å²) in [5.41, 5.74) is 5.38. The van der Waals surface area contributed by atoms with Gasteiger partial charge in [0.2, 0.25) is 5.91 Å². The molecule has 0 rings (SSSR count). The minimum atomic E-state index is -0.547. The molecule has 70 valence electrons. The largest absolute Gasteiger partial charge is 0.468 e. The van der Waals surface area contributed by atoms with Gasteiger partial charge < -0.3 is 15.8 Å². The molecule has 0 aliphatic carbocycles. The summed E-state index contributed by atoms with van der Waals surface area (Å²) in [4.78, 5) is 21.5. The van der Waals surface area contributed by atoms with Gasteiger partial charge in [0.25, 0.3) is 0 Å². The van der Waals surface area contributed by atoms with Gasteiger partial charge in [-0.15, -0.1) is 0 Å². The number of carbonyl (C=O) groups is 2. The third kappa shape index (κ3) is 3.92. The van der Waals surface area contributed by atoms with Crippen molar-refractivity contribution in [2.45, 2.75) is 19.4 Å². The van der Waals surface area contributed by atoms with Crippen molar-refractivity contribution in [3.05, 3.63) is 0 Å². The highest BCUT2D eigenvalue weighted by molar-refractivity contribution is 5.85. The number of esters is 1. The molecule has 5 nitrogen and oxygen atoms in total. The molecule has 0 bridgehead atoms. The highest BCUT2D eigenvalue weighted by Crippen LogP contribution is 1.84. The Labute approximate surface area is 71.3 Å². The van der Waals surface area contributed by atoms with Crippen molar-refractivity contribution in [2.24, 2.45) is 5.73 Å². The van der Waals surface area contributed by atoms with E-state index in [1.54, 1.807) is 6.92 Å². The first-order chi connectivity index (χ1) is 5.61. The lowest BCUT2D eigenvalue weighted by molar-refractivity contribution is -0.141. The second-order valence-corrected chi connectivity index (χ2v) is 2.31. The van der Waals surface area contributed by atoms with Crippen LogP contribution >= 0.6 is 0 Å². The molecule has 0 aliphatic heterocycles. The van der Waals surface area contributed by atoms with Crippen molar-refractivity contribution in [3.63, 3.8) is 0 Å². The number of ether oxygens (including phenoxy) is 1. The highest BCUT2D eigenvalue weighted by Gasteiger charge is 2.11. The lowest BCUT2D eigenvalue weighted by atomic mass is 10.2. The van der Waals surface area contributed by atoms with Crippen LogP contribution < -0.4 is 11.1 Å². The van der Waals surface area contributed by atoms with Crippen molar-refractivity contribution in [3.8, 4) is 0 Å². The van der Waals surface area contributed by atoms with E-state index in [0.29, 0.717) is 6.42 Å². The quantitative estimate of drug-likeness (QED) is 0.536. The fourth-order valence-corrected chi connectivity index (χ4v) is 0.548. The molecule has 0 unspecified atom stereocenters. The predicted octanol–water partition coefficient (Wildman–Crippen LogP) is -0.987. The standard InChI is InChI=1S/C7H14N2O3/c1-3-5(8)7(11)9-4-6(10)12-2/h5H,3-4,8H2,1-2H3,(H,9,11)/t5-/m1/s1. The van der Waals surface area contributed by atoms with Gasteiger partial charge in [0, 0.05) is 0 Å². The Bertz CT molecular complexity index is 170. The van der Waals surface area contributed by atoms with Gasteiger partial charge in [-0.1, -0.05) is 6.92 Å². The summed E-state index contributed by atoms with van der Waals surface area (Å²) in [6, 6.07) is -0.547. The molecule has 12 heavy (non-hydrogen) atoms. The van der Waals surface area contributed by atoms with Gasteiger partial charge in [0.05, 0.1) is 13.2 Å². The van der Waals surface area contributed by atoms with Gasteiger partial charge in [-0.25, -0.2) is 0 Å². The predicted molar refractivity (Wildman–Crippen MR) is 43.3 cm³/mol. The van der Waals surface area contributed by atoms with Gasteiger partial charge in [0.1, 0.15) is 6.54 Å². The van der Waals surface area contributed by atoms with Crippen LogP contribution in [0.5, 0.6) is 0 Å². The maximum atomic E-state index is 11.0. The summed E-state index contributed by atoms with van der Waals surface area (Å²) < 4.78 is 4.32. The second kappa shape index (κ2) is 5.54. The Hall–Kier alpha value is -1.10. The van der Waals surface area contributed by atoms with Gasteiger partial charge in [-0.05, 0) is 6.42 Å². The number of hydrogen-bond acceptors (Lipinski definition) is 4. The van der Waals surface area contributed by atoms with Crippen molar-refractivity contribution in [2.75, 3.05) is 13.7 Å². The molecule has 3 N–H and O–H groups in total. The van der Waals surface area contributed by atoms with E-state index in [1.165, 1.54) is 7.11 Å². The Morgan fingerprint density at radius 3 is 2.58 bits per heavy atom. The van der Waals surface area contributed by atoms with Crippen molar-refractivity contribution < 1.29 is 14.3 Å². The monoisotopic (exact) mass is 174 g/mol. The Kier molecular flexibility index (Phi) is 5.03. The van der Waals surface area contributed by atoms with E-state index in [0.717, 1.165) is 0 Å². The first kappa shape index (κ1) is 10.9. The van der Waals surface area contributed by atoms with Crippen molar-refractivity contribution in [1.29, 1.82) is 0 Å². The van der Waals surface area contributed by atoms with Crippen LogP contribution in [0.25, 0.3) is 0 Å². The van der Waals surface area contributed by atoms with E-state index in [1.807, 2.05) is 0 Å². The number of hydrogen-bond donors (Lipinski definition) is 2. The SMILES string of the molecule is CC[C@@H](N)C(=O)NCC(=O)OC. The van der Waals surface area contributed by atoms with Crippen molar-refractivity contribution in [1.82, 2.24) is 5.32 Å². The van der Waals surface area contributed by atoms with Gasteiger partial charge in [0.15, 0.2) is 0 Å². The van der Waals surface area contributed by atoms with Gasteiger partial charge in [-0.2, -0.15) is 0 Å². The van der Waals surface area contributed by atoms with Crippen LogP contribution in [0.1, 0.15) is 13.3 Å². The van der Waals surface area contributed by atoms with Crippen LogP contribution in [0.2, 0.25) is 0 Å². The minimum absolute atomic E-state index is 0.122. The lowest BCUT2D eigenvalue weighted by Crippen LogP contribution is -2.42. The molecule has 0 saturated heterocycles. The smallest absolute Gasteiger partial charge is 0.325 e. The molecule has 5 heteroatoms. The molecule has 0 saturated carbocycles. The summed E-state index contributed by atoms with van der Waals surface area (Å²) in [6.07, 6.45) is 0.549. The van der Waals surface area contributed by atoms with E-state index in [2.05, 4.69) is 10.1 Å². The number of amides is 1. The molecule has 0 aromatic heterocycles. The molecule has 0 radical (unpaired) electrons. The van der Waals surface area contributed by atoms with E-state index < -0.39 is 12.0 Å². The third-order valence-corrected chi connectivity index (χ3v) is 1.41. The van der Waals surface area contributed by atoms with Crippen LogP contribution in [-0.2, 0) is 14.3 Å². The van der Waals surface area contributed by atoms with Crippen LogP contribution in [0, 0.1) is 0 Å². The number of rotatable bonds is 4. The normalized spacial score (nSPS) is 11.9. The molecule has 0 heterocycles. The molecule has 0 spiro atoms. The van der Waals surface area contributed by atoms with Gasteiger partial charge in [-0.3, -0.25) is 9.59 Å². The summed E-state index contributed by atoms with van der Waals surface area (Å²) in [5.74, 6) is -0.811. The zero-order valence-electron chi connectivity index (χ0n) is 7.29. The Balaban J connectivity index is 3.64. The summed E-state index contributed by atoms with van der Waals surface area (Å²) in [6.45, 7) is 1.67. The number of nitrogens with one attached hydrogen (secondary N) is 1. The summed E-state index contributed by atoms with van der Waals surface area (Å²) in [5, 5.41) is 2.35. The van der Waals surface area contributed by atoms with E-state index in [9.17, 15) is 9.59 Å². The molecule has 1 atom stereocenters. The molecule has 1 amide bonds. The zero-order valence-corrected chi connectivity index (χ0v) is 7.29. The van der Waals surface area contributed by atoms with Crippen LogP contribution in [0.3, 0.4) is 0 Å². The molecular weight excluding hydrogens is 160 g/mol. The summed E-state index contributed by atoms with van der Waals surface area (Å²) in [7, 11) is 1.26. The van der Waals surface area contributed by atoms with E-state index >= 15 is 0 Å². The maximum absolute atomic E-state index is 11.0.